The number of rotatable bonds is 1. The lowest BCUT2D eigenvalue weighted by atomic mass is 10.0. The van der Waals surface area contributed by atoms with Crippen molar-refractivity contribution < 1.29 is 8.42 Å². The molecule has 1 aromatic carbocycles. The minimum Gasteiger partial charge on any atom is -0.324 e. The topological polar surface area (TPSA) is 60.2 Å². The van der Waals surface area contributed by atoms with Gasteiger partial charge in [0.1, 0.15) is 0 Å². The predicted octanol–water partition coefficient (Wildman–Crippen LogP) is 1.85. The van der Waals surface area contributed by atoms with E-state index < -0.39 is 9.84 Å². The normalized spacial score (nSPS) is 19.5. The SMILES string of the molecule is CC1=Cc2c(C(C)N)cccc2S1(=O)=O. The number of benzene rings is 1. The van der Waals surface area contributed by atoms with Crippen molar-refractivity contribution >= 4 is 15.9 Å². The summed E-state index contributed by atoms with van der Waals surface area (Å²) >= 11 is 0. The minimum atomic E-state index is -3.23. The van der Waals surface area contributed by atoms with Gasteiger partial charge in [-0.1, -0.05) is 12.1 Å². The Kier molecular flexibility index (Phi) is 2.20. The average molecular weight is 223 g/mol. The van der Waals surface area contributed by atoms with E-state index in [0.29, 0.717) is 9.80 Å². The van der Waals surface area contributed by atoms with Gasteiger partial charge in [0.25, 0.3) is 0 Å². The lowest BCUT2D eigenvalue weighted by Gasteiger charge is -2.09. The van der Waals surface area contributed by atoms with Crippen molar-refractivity contribution in [2.75, 3.05) is 0 Å². The first kappa shape index (κ1) is 10.4. The summed E-state index contributed by atoms with van der Waals surface area (Å²) in [6.45, 7) is 3.46. The summed E-state index contributed by atoms with van der Waals surface area (Å²) in [5.41, 5.74) is 7.43. The summed E-state index contributed by atoms with van der Waals surface area (Å²) in [7, 11) is -3.23. The van der Waals surface area contributed by atoms with Crippen LogP contribution >= 0.6 is 0 Å². The molecule has 0 radical (unpaired) electrons. The maximum Gasteiger partial charge on any atom is 0.203 e. The van der Waals surface area contributed by atoms with E-state index in [9.17, 15) is 8.42 Å². The number of sulfone groups is 1. The van der Waals surface area contributed by atoms with Gasteiger partial charge in [0.15, 0.2) is 0 Å². The molecule has 0 saturated carbocycles. The Morgan fingerprint density at radius 2 is 2.00 bits per heavy atom. The molecule has 80 valence electrons. The first-order chi connectivity index (χ1) is 6.94. The molecule has 0 fully saturated rings. The van der Waals surface area contributed by atoms with Gasteiger partial charge in [-0.05, 0) is 37.1 Å². The molecule has 1 aliphatic rings. The van der Waals surface area contributed by atoms with Crippen molar-refractivity contribution in [1.82, 2.24) is 0 Å². The number of allylic oxidation sites excluding steroid dienone is 1. The quantitative estimate of drug-likeness (QED) is 0.790. The molecule has 1 unspecified atom stereocenters. The number of hydrogen-bond acceptors (Lipinski definition) is 3. The molecule has 1 aliphatic heterocycles. The standard InChI is InChI=1S/C11H13NO2S/c1-7-6-10-9(8(2)12)4-3-5-11(10)15(7,13)14/h3-6,8H,12H2,1-2H3. The highest BCUT2D eigenvalue weighted by Crippen LogP contribution is 2.35. The van der Waals surface area contributed by atoms with Gasteiger partial charge in [-0.3, -0.25) is 0 Å². The van der Waals surface area contributed by atoms with E-state index in [-0.39, 0.29) is 6.04 Å². The summed E-state index contributed by atoms with van der Waals surface area (Å²) in [4.78, 5) is 0.778. The highest BCUT2D eigenvalue weighted by molar-refractivity contribution is 7.95. The van der Waals surface area contributed by atoms with Crippen LogP contribution in [0.4, 0.5) is 0 Å². The van der Waals surface area contributed by atoms with E-state index >= 15 is 0 Å². The van der Waals surface area contributed by atoms with Crippen LogP contribution < -0.4 is 5.73 Å². The Morgan fingerprint density at radius 1 is 1.33 bits per heavy atom. The maximum atomic E-state index is 11.8. The van der Waals surface area contributed by atoms with Crippen molar-refractivity contribution in [2.24, 2.45) is 5.73 Å². The van der Waals surface area contributed by atoms with E-state index in [1.54, 1.807) is 25.1 Å². The summed E-state index contributed by atoms with van der Waals surface area (Å²) in [6, 6.07) is 5.08. The van der Waals surface area contributed by atoms with Crippen LogP contribution in [0.3, 0.4) is 0 Å². The van der Waals surface area contributed by atoms with Gasteiger partial charge >= 0.3 is 0 Å². The van der Waals surface area contributed by atoms with Crippen LogP contribution in [0.25, 0.3) is 6.08 Å². The smallest absolute Gasteiger partial charge is 0.203 e. The zero-order valence-electron chi connectivity index (χ0n) is 8.69. The van der Waals surface area contributed by atoms with Gasteiger partial charge in [-0.2, -0.15) is 0 Å². The Balaban J connectivity index is 2.78. The molecule has 2 rings (SSSR count). The molecule has 0 amide bonds. The molecule has 2 N–H and O–H groups in total. The molecule has 0 aliphatic carbocycles. The van der Waals surface area contributed by atoms with Crippen molar-refractivity contribution in [3.63, 3.8) is 0 Å². The average Bonchev–Trinajstić information content (AvgIpc) is 2.38. The molecule has 0 aromatic heterocycles. The second kappa shape index (κ2) is 3.18. The van der Waals surface area contributed by atoms with E-state index in [1.807, 2.05) is 13.0 Å². The molecule has 0 spiro atoms. The summed E-state index contributed by atoms with van der Waals surface area (Å²) in [6.07, 6.45) is 1.70. The molecule has 1 heterocycles. The van der Waals surface area contributed by atoms with Crippen LogP contribution in [0.15, 0.2) is 28.0 Å². The fraction of sp³-hybridized carbons (Fsp3) is 0.273. The van der Waals surface area contributed by atoms with Gasteiger partial charge < -0.3 is 5.73 Å². The molecule has 15 heavy (non-hydrogen) atoms. The van der Waals surface area contributed by atoms with E-state index in [1.165, 1.54) is 0 Å². The van der Waals surface area contributed by atoms with Crippen LogP contribution in [-0.2, 0) is 9.84 Å². The van der Waals surface area contributed by atoms with Crippen molar-refractivity contribution in [3.05, 3.63) is 34.2 Å². The van der Waals surface area contributed by atoms with Gasteiger partial charge in [-0.15, -0.1) is 0 Å². The zero-order chi connectivity index (χ0) is 11.2. The number of nitrogens with two attached hydrogens (primary N) is 1. The summed E-state index contributed by atoms with van der Waals surface area (Å²) in [5.74, 6) is 0. The predicted molar refractivity (Wildman–Crippen MR) is 59.9 cm³/mol. The van der Waals surface area contributed by atoms with Crippen LogP contribution in [0.1, 0.15) is 31.0 Å². The Morgan fingerprint density at radius 3 is 2.60 bits per heavy atom. The third kappa shape index (κ3) is 1.41. The van der Waals surface area contributed by atoms with E-state index in [0.717, 1.165) is 11.1 Å². The Labute approximate surface area is 89.5 Å². The summed E-state index contributed by atoms with van der Waals surface area (Å²) < 4.78 is 23.7. The third-order valence-electron chi connectivity index (χ3n) is 2.65. The molecular weight excluding hydrogens is 210 g/mol. The molecule has 4 heteroatoms. The van der Waals surface area contributed by atoms with E-state index in [4.69, 9.17) is 5.73 Å². The Hall–Kier alpha value is -1.13. The van der Waals surface area contributed by atoms with Crippen molar-refractivity contribution in [3.8, 4) is 0 Å². The highest BCUT2D eigenvalue weighted by Gasteiger charge is 2.28. The molecule has 1 aromatic rings. The second-order valence-electron chi connectivity index (χ2n) is 3.81. The van der Waals surface area contributed by atoms with Crippen LogP contribution in [0, 0.1) is 0 Å². The van der Waals surface area contributed by atoms with Crippen LogP contribution in [0.2, 0.25) is 0 Å². The first-order valence-electron chi connectivity index (χ1n) is 4.76. The first-order valence-corrected chi connectivity index (χ1v) is 6.25. The largest absolute Gasteiger partial charge is 0.324 e. The van der Waals surface area contributed by atoms with Crippen LogP contribution in [-0.4, -0.2) is 8.42 Å². The number of fused-ring (bicyclic) bond motifs is 1. The minimum absolute atomic E-state index is 0.155. The molecular formula is C11H13NO2S. The fourth-order valence-electron chi connectivity index (χ4n) is 1.80. The second-order valence-corrected chi connectivity index (χ2v) is 5.90. The fourth-order valence-corrected chi connectivity index (χ4v) is 3.15. The Bertz CT molecular complexity index is 542. The molecule has 1 atom stereocenters. The number of hydrogen-bond donors (Lipinski definition) is 1. The maximum absolute atomic E-state index is 11.8. The summed E-state index contributed by atoms with van der Waals surface area (Å²) in [5, 5.41) is 0. The van der Waals surface area contributed by atoms with Gasteiger partial charge in [-0.25, -0.2) is 8.42 Å². The lowest BCUT2D eigenvalue weighted by Crippen LogP contribution is -2.08. The lowest BCUT2D eigenvalue weighted by molar-refractivity contribution is 0.603. The van der Waals surface area contributed by atoms with Gasteiger partial charge in [0.05, 0.1) is 4.90 Å². The molecule has 0 saturated heterocycles. The highest BCUT2D eigenvalue weighted by atomic mass is 32.2. The zero-order valence-corrected chi connectivity index (χ0v) is 9.51. The molecule has 0 bridgehead atoms. The molecule has 3 nitrogen and oxygen atoms in total. The van der Waals surface area contributed by atoms with Crippen LogP contribution in [0.5, 0.6) is 0 Å². The van der Waals surface area contributed by atoms with Crippen molar-refractivity contribution in [1.29, 1.82) is 0 Å². The van der Waals surface area contributed by atoms with Gasteiger partial charge in [0.2, 0.25) is 9.84 Å². The van der Waals surface area contributed by atoms with Crippen molar-refractivity contribution in [2.45, 2.75) is 24.8 Å². The third-order valence-corrected chi connectivity index (χ3v) is 4.55. The monoisotopic (exact) mass is 223 g/mol. The van der Waals surface area contributed by atoms with Gasteiger partial charge in [0, 0.05) is 10.9 Å². The van der Waals surface area contributed by atoms with E-state index in [2.05, 4.69) is 0 Å².